The number of carbonyl (C=O) groups is 1. The Morgan fingerprint density at radius 1 is 1.15 bits per heavy atom. The van der Waals surface area contributed by atoms with Crippen molar-refractivity contribution in [2.45, 2.75) is 39.7 Å². The topological polar surface area (TPSA) is 90.9 Å². The van der Waals surface area contributed by atoms with Crippen molar-refractivity contribution in [3.05, 3.63) is 69.0 Å². The third kappa shape index (κ3) is 3.98. The molecule has 1 aromatic carbocycles. The Morgan fingerprint density at radius 3 is 2.59 bits per heavy atom. The van der Waals surface area contributed by atoms with Crippen molar-refractivity contribution in [3.8, 4) is 0 Å². The van der Waals surface area contributed by atoms with Gasteiger partial charge in [-0.05, 0) is 37.1 Å². The van der Waals surface area contributed by atoms with E-state index in [2.05, 4.69) is 15.0 Å². The highest BCUT2D eigenvalue weighted by Gasteiger charge is 2.34. The lowest BCUT2D eigenvalue weighted by Gasteiger charge is -2.27. The van der Waals surface area contributed by atoms with E-state index in [1.807, 2.05) is 57.2 Å². The summed E-state index contributed by atoms with van der Waals surface area (Å²) >= 11 is 0. The van der Waals surface area contributed by atoms with Crippen LogP contribution in [-0.4, -0.2) is 52.9 Å². The SMILES string of the molecule is CCC(=O)N1N=C(c2c(C)c3ccc(N4CCOCC4)nc3[nH]c2=O)CC1c1ccc(C)cc1.[HH]. The molecule has 1 N–H and O–H groups in total. The third-order valence-corrected chi connectivity index (χ3v) is 6.67. The normalized spacial score (nSPS) is 18.4. The molecule has 1 fully saturated rings. The number of aryl methyl sites for hydroxylation is 2. The summed E-state index contributed by atoms with van der Waals surface area (Å²) in [6, 6.07) is 11.9. The van der Waals surface area contributed by atoms with Gasteiger partial charge >= 0.3 is 0 Å². The number of ether oxygens (including phenoxy) is 1. The summed E-state index contributed by atoms with van der Waals surface area (Å²) in [4.78, 5) is 35.8. The second kappa shape index (κ2) is 9.02. The lowest BCUT2D eigenvalue weighted by Crippen LogP contribution is -2.36. The van der Waals surface area contributed by atoms with E-state index in [1.54, 1.807) is 5.01 Å². The third-order valence-electron chi connectivity index (χ3n) is 6.67. The van der Waals surface area contributed by atoms with Gasteiger partial charge in [-0.25, -0.2) is 9.99 Å². The molecule has 1 atom stereocenters. The maximum atomic E-state index is 13.2. The molecule has 178 valence electrons. The largest absolute Gasteiger partial charge is 0.378 e. The summed E-state index contributed by atoms with van der Waals surface area (Å²) in [7, 11) is 0. The van der Waals surface area contributed by atoms with Crippen LogP contribution in [0.5, 0.6) is 0 Å². The number of hydrogen-bond acceptors (Lipinski definition) is 6. The van der Waals surface area contributed by atoms with Crippen molar-refractivity contribution in [3.63, 3.8) is 0 Å². The van der Waals surface area contributed by atoms with Crippen LogP contribution < -0.4 is 10.5 Å². The van der Waals surface area contributed by atoms with Crippen LogP contribution in [0.15, 0.2) is 46.3 Å². The highest BCUT2D eigenvalue weighted by atomic mass is 16.5. The number of hydrogen-bond donors (Lipinski definition) is 1. The average Bonchev–Trinajstić information content (AvgIpc) is 3.29. The summed E-state index contributed by atoms with van der Waals surface area (Å²) in [6.07, 6.45) is 0.837. The number of pyridine rings is 2. The number of aromatic nitrogens is 2. The van der Waals surface area contributed by atoms with Gasteiger partial charge in [-0.2, -0.15) is 5.10 Å². The van der Waals surface area contributed by atoms with Crippen LogP contribution in [0.4, 0.5) is 5.82 Å². The Hall–Kier alpha value is -3.52. The monoisotopic (exact) mass is 461 g/mol. The maximum Gasteiger partial charge on any atom is 0.259 e. The summed E-state index contributed by atoms with van der Waals surface area (Å²) in [6.45, 7) is 8.68. The number of morpholine rings is 1. The molecule has 0 bridgehead atoms. The first-order chi connectivity index (χ1) is 16.5. The number of H-pyrrole nitrogens is 1. The molecule has 1 unspecified atom stereocenters. The van der Waals surface area contributed by atoms with Gasteiger partial charge in [0.1, 0.15) is 11.5 Å². The van der Waals surface area contributed by atoms with Crippen LogP contribution in [0.25, 0.3) is 11.0 Å². The molecule has 0 saturated carbocycles. The van der Waals surface area contributed by atoms with E-state index in [1.165, 1.54) is 0 Å². The number of nitrogens with zero attached hydrogens (tertiary/aromatic N) is 4. The Kier molecular flexibility index (Phi) is 5.91. The summed E-state index contributed by atoms with van der Waals surface area (Å²) in [5, 5.41) is 7.09. The van der Waals surface area contributed by atoms with E-state index in [9.17, 15) is 9.59 Å². The fraction of sp³-hybridized carbons (Fsp3) is 0.385. The minimum Gasteiger partial charge on any atom is -0.378 e. The first kappa shape index (κ1) is 22.3. The zero-order chi connectivity index (χ0) is 23.8. The molecule has 4 heterocycles. The van der Waals surface area contributed by atoms with E-state index < -0.39 is 0 Å². The first-order valence-electron chi connectivity index (χ1n) is 11.8. The molecule has 0 radical (unpaired) electrons. The van der Waals surface area contributed by atoms with Gasteiger partial charge in [-0.1, -0.05) is 36.8 Å². The van der Waals surface area contributed by atoms with E-state index in [-0.39, 0.29) is 18.9 Å². The number of aromatic amines is 1. The molecular weight excluding hydrogens is 430 g/mol. The summed E-state index contributed by atoms with van der Waals surface area (Å²) < 4.78 is 5.43. The number of benzene rings is 1. The average molecular weight is 462 g/mol. The van der Waals surface area contributed by atoms with Crippen LogP contribution in [0.1, 0.15) is 49.5 Å². The molecule has 2 aliphatic rings. The summed E-state index contributed by atoms with van der Waals surface area (Å²) in [5.41, 5.74) is 4.48. The predicted molar refractivity (Wildman–Crippen MR) is 134 cm³/mol. The second-order valence-electron chi connectivity index (χ2n) is 8.89. The highest BCUT2D eigenvalue weighted by Crippen LogP contribution is 2.34. The van der Waals surface area contributed by atoms with Crippen LogP contribution in [0.3, 0.4) is 0 Å². The second-order valence-corrected chi connectivity index (χ2v) is 8.89. The van der Waals surface area contributed by atoms with Crippen LogP contribution in [-0.2, 0) is 9.53 Å². The standard InChI is InChI=1S/C26H29N5O3.H2/c1-4-23(32)31-21(18-7-5-16(2)6-8-18)15-20(29-31)24-17(3)19-9-10-22(27-25(19)28-26(24)33)30-11-13-34-14-12-30;/h5-10,21H,4,11-15H2,1-3H3,(H,27,28,33);1H. The Bertz CT molecular complexity index is 1330. The molecular formula is C26H31N5O3. The minimum absolute atomic E-state index is 0. The highest BCUT2D eigenvalue weighted by molar-refractivity contribution is 6.06. The van der Waals surface area contributed by atoms with E-state index >= 15 is 0 Å². The molecule has 0 spiro atoms. The smallest absolute Gasteiger partial charge is 0.259 e. The molecule has 8 nitrogen and oxygen atoms in total. The molecule has 0 aliphatic carbocycles. The van der Waals surface area contributed by atoms with Crippen molar-refractivity contribution >= 4 is 28.5 Å². The van der Waals surface area contributed by atoms with Crippen molar-refractivity contribution in [2.24, 2.45) is 5.10 Å². The Balaban J connectivity index is 0.00000289. The number of hydrazone groups is 1. The van der Waals surface area contributed by atoms with Gasteiger partial charge in [-0.15, -0.1) is 0 Å². The predicted octanol–water partition coefficient (Wildman–Crippen LogP) is 3.71. The lowest BCUT2D eigenvalue weighted by molar-refractivity contribution is -0.132. The Morgan fingerprint density at radius 2 is 1.88 bits per heavy atom. The van der Waals surface area contributed by atoms with Gasteiger partial charge in [0.15, 0.2) is 0 Å². The maximum absolute atomic E-state index is 13.2. The molecule has 1 saturated heterocycles. The zero-order valence-corrected chi connectivity index (χ0v) is 19.8. The van der Waals surface area contributed by atoms with E-state index in [0.717, 1.165) is 41.0 Å². The molecule has 34 heavy (non-hydrogen) atoms. The van der Waals surface area contributed by atoms with Gasteiger partial charge in [-0.3, -0.25) is 9.59 Å². The van der Waals surface area contributed by atoms with Crippen LogP contribution in [0.2, 0.25) is 0 Å². The fourth-order valence-corrected chi connectivity index (χ4v) is 4.74. The number of nitrogens with one attached hydrogen (secondary N) is 1. The Labute approximate surface area is 199 Å². The number of fused-ring (bicyclic) bond motifs is 1. The molecule has 1 amide bonds. The van der Waals surface area contributed by atoms with Crippen LogP contribution in [0, 0.1) is 13.8 Å². The summed E-state index contributed by atoms with van der Waals surface area (Å²) in [5.74, 6) is 0.767. The zero-order valence-electron chi connectivity index (χ0n) is 19.8. The number of carbonyl (C=O) groups excluding carboxylic acids is 1. The first-order valence-corrected chi connectivity index (χ1v) is 11.8. The van der Waals surface area contributed by atoms with Crippen molar-refractivity contribution < 1.29 is 11.0 Å². The quantitative estimate of drug-likeness (QED) is 0.640. The molecule has 3 aromatic rings. The van der Waals surface area contributed by atoms with E-state index in [0.29, 0.717) is 43.0 Å². The number of anilines is 1. The van der Waals surface area contributed by atoms with Gasteiger partial charge in [0, 0.05) is 32.7 Å². The fourth-order valence-electron chi connectivity index (χ4n) is 4.74. The van der Waals surface area contributed by atoms with Crippen molar-refractivity contribution in [1.29, 1.82) is 0 Å². The van der Waals surface area contributed by atoms with Gasteiger partial charge in [0.2, 0.25) is 5.91 Å². The lowest BCUT2D eigenvalue weighted by atomic mass is 9.95. The molecule has 8 heteroatoms. The van der Waals surface area contributed by atoms with Crippen molar-refractivity contribution in [1.82, 2.24) is 15.0 Å². The number of rotatable bonds is 4. The molecule has 5 rings (SSSR count). The van der Waals surface area contributed by atoms with Gasteiger partial charge in [0.25, 0.3) is 5.56 Å². The molecule has 2 aromatic heterocycles. The number of amides is 1. The minimum atomic E-state index is -0.233. The van der Waals surface area contributed by atoms with Crippen LogP contribution >= 0.6 is 0 Å². The molecule has 2 aliphatic heterocycles. The van der Waals surface area contributed by atoms with Gasteiger partial charge < -0.3 is 14.6 Å². The van der Waals surface area contributed by atoms with Crippen molar-refractivity contribution in [2.75, 3.05) is 31.2 Å². The van der Waals surface area contributed by atoms with E-state index in [4.69, 9.17) is 9.72 Å². The van der Waals surface area contributed by atoms with Gasteiger partial charge in [0.05, 0.1) is 30.5 Å².